The van der Waals surface area contributed by atoms with Crippen molar-refractivity contribution >= 4 is 33.1 Å². The molecular weight excluding hydrogens is 270 g/mol. The Hall–Kier alpha value is -1.62. The van der Waals surface area contributed by atoms with Gasteiger partial charge < -0.3 is 10.6 Å². The Morgan fingerprint density at radius 3 is 3.05 bits per heavy atom. The maximum Gasteiger partial charge on any atom is 0.266 e. The maximum absolute atomic E-state index is 12.8. The maximum atomic E-state index is 12.8. The molecule has 3 heterocycles. The summed E-state index contributed by atoms with van der Waals surface area (Å²) >= 11 is 1.41. The van der Waals surface area contributed by atoms with E-state index in [1.54, 1.807) is 6.20 Å². The number of carbonyl (C=O) groups is 1. The highest BCUT2D eigenvalue weighted by Gasteiger charge is 2.35. The van der Waals surface area contributed by atoms with E-state index in [2.05, 4.69) is 18.8 Å². The average molecular weight is 289 g/mol. The molecule has 20 heavy (non-hydrogen) atoms. The standard InChI is InChI=1S/C15H19N3OS/c1-3-10-7-6-9(2)18(10)15(19)13-12(16)11-5-4-8-17-14(11)20-13/h4-5,8-10H,3,6-7,16H2,1-2H3. The molecule has 3 rings (SSSR count). The molecule has 0 spiro atoms. The van der Waals surface area contributed by atoms with Gasteiger partial charge in [-0.05, 0) is 38.3 Å². The highest BCUT2D eigenvalue weighted by Crippen LogP contribution is 2.36. The van der Waals surface area contributed by atoms with E-state index in [-0.39, 0.29) is 5.91 Å². The molecule has 1 saturated heterocycles. The molecule has 5 heteroatoms. The number of pyridine rings is 1. The zero-order valence-electron chi connectivity index (χ0n) is 11.8. The molecule has 0 bridgehead atoms. The van der Waals surface area contributed by atoms with Crippen LogP contribution < -0.4 is 5.73 Å². The molecule has 1 aliphatic rings. The summed E-state index contributed by atoms with van der Waals surface area (Å²) in [5, 5.41) is 0.890. The Bertz CT molecular complexity index is 652. The van der Waals surface area contributed by atoms with Crippen LogP contribution in [0.1, 0.15) is 42.8 Å². The van der Waals surface area contributed by atoms with Gasteiger partial charge in [0.25, 0.3) is 5.91 Å². The molecule has 0 radical (unpaired) electrons. The zero-order chi connectivity index (χ0) is 14.3. The van der Waals surface area contributed by atoms with Crippen LogP contribution in [0.2, 0.25) is 0 Å². The minimum absolute atomic E-state index is 0.0716. The number of anilines is 1. The number of nitrogens with zero attached hydrogens (tertiary/aromatic N) is 2. The van der Waals surface area contributed by atoms with Crippen LogP contribution in [0.3, 0.4) is 0 Å². The lowest BCUT2D eigenvalue weighted by atomic mass is 10.1. The monoisotopic (exact) mass is 289 g/mol. The SMILES string of the molecule is CCC1CCC(C)N1C(=O)c1sc2ncccc2c1N. The minimum Gasteiger partial charge on any atom is -0.397 e. The molecule has 2 aromatic heterocycles. The predicted octanol–water partition coefficient (Wildman–Crippen LogP) is 3.28. The summed E-state index contributed by atoms with van der Waals surface area (Å²) < 4.78 is 0. The number of rotatable bonds is 2. The number of hydrogen-bond donors (Lipinski definition) is 1. The Balaban J connectivity index is 2.02. The number of carbonyl (C=O) groups excluding carboxylic acids is 1. The summed E-state index contributed by atoms with van der Waals surface area (Å²) in [6.07, 6.45) is 4.90. The van der Waals surface area contributed by atoms with Crippen molar-refractivity contribution in [2.24, 2.45) is 0 Å². The largest absolute Gasteiger partial charge is 0.397 e. The number of amides is 1. The lowest BCUT2D eigenvalue weighted by Crippen LogP contribution is -2.39. The van der Waals surface area contributed by atoms with E-state index in [9.17, 15) is 4.79 Å². The molecule has 2 unspecified atom stereocenters. The number of nitrogen functional groups attached to an aromatic ring is 1. The van der Waals surface area contributed by atoms with Crippen molar-refractivity contribution in [3.63, 3.8) is 0 Å². The van der Waals surface area contributed by atoms with Gasteiger partial charge in [0, 0.05) is 23.7 Å². The van der Waals surface area contributed by atoms with Gasteiger partial charge in [-0.1, -0.05) is 6.92 Å². The van der Waals surface area contributed by atoms with Crippen molar-refractivity contribution < 1.29 is 4.79 Å². The van der Waals surface area contributed by atoms with Crippen LogP contribution in [0, 0.1) is 0 Å². The Kier molecular flexibility index (Phi) is 3.38. The first kappa shape index (κ1) is 13.4. The smallest absolute Gasteiger partial charge is 0.266 e. The Labute approximate surface area is 122 Å². The molecule has 1 amide bonds. The van der Waals surface area contributed by atoms with Crippen LogP contribution in [0.25, 0.3) is 10.2 Å². The van der Waals surface area contributed by atoms with Crippen molar-refractivity contribution in [3.05, 3.63) is 23.2 Å². The molecule has 106 valence electrons. The van der Waals surface area contributed by atoms with Crippen LogP contribution in [-0.2, 0) is 0 Å². The summed E-state index contributed by atoms with van der Waals surface area (Å²) in [6, 6.07) is 4.42. The van der Waals surface area contributed by atoms with Gasteiger partial charge in [0.2, 0.25) is 0 Å². The van der Waals surface area contributed by atoms with E-state index in [0.29, 0.717) is 22.6 Å². The number of thiophene rings is 1. The fourth-order valence-corrected chi connectivity index (χ4v) is 4.07. The summed E-state index contributed by atoms with van der Waals surface area (Å²) in [4.78, 5) is 20.6. The van der Waals surface area contributed by atoms with Gasteiger partial charge in [-0.2, -0.15) is 0 Å². The highest BCUT2D eigenvalue weighted by atomic mass is 32.1. The quantitative estimate of drug-likeness (QED) is 0.923. The number of likely N-dealkylation sites (tertiary alicyclic amines) is 1. The average Bonchev–Trinajstić information content (AvgIpc) is 2.99. The van der Waals surface area contributed by atoms with Crippen molar-refractivity contribution in [2.45, 2.75) is 45.2 Å². The van der Waals surface area contributed by atoms with E-state index in [0.717, 1.165) is 29.5 Å². The van der Waals surface area contributed by atoms with Gasteiger partial charge in [0.15, 0.2) is 0 Å². The molecule has 1 fully saturated rings. The second kappa shape index (κ2) is 5.05. The summed E-state index contributed by atoms with van der Waals surface area (Å²) in [7, 11) is 0. The summed E-state index contributed by atoms with van der Waals surface area (Å²) in [6.45, 7) is 4.26. The fraction of sp³-hybridized carbons (Fsp3) is 0.467. The highest BCUT2D eigenvalue weighted by molar-refractivity contribution is 7.21. The fourth-order valence-electron chi connectivity index (χ4n) is 3.07. The van der Waals surface area contributed by atoms with Crippen LogP contribution >= 0.6 is 11.3 Å². The third-order valence-corrected chi connectivity index (χ3v) is 5.31. The molecule has 2 atom stereocenters. The Morgan fingerprint density at radius 1 is 1.55 bits per heavy atom. The van der Waals surface area contributed by atoms with E-state index in [1.807, 2.05) is 17.0 Å². The van der Waals surface area contributed by atoms with Crippen LogP contribution in [0.5, 0.6) is 0 Å². The van der Waals surface area contributed by atoms with Gasteiger partial charge in [0.05, 0.1) is 5.69 Å². The van der Waals surface area contributed by atoms with Crippen molar-refractivity contribution in [1.82, 2.24) is 9.88 Å². The van der Waals surface area contributed by atoms with Gasteiger partial charge >= 0.3 is 0 Å². The van der Waals surface area contributed by atoms with E-state index < -0.39 is 0 Å². The van der Waals surface area contributed by atoms with Gasteiger partial charge in [-0.3, -0.25) is 4.79 Å². The van der Waals surface area contributed by atoms with Crippen molar-refractivity contribution in [1.29, 1.82) is 0 Å². The molecule has 2 N–H and O–H groups in total. The first-order valence-corrected chi connectivity index (χ1v) is 7.90. The molecule has 1 aliphatic heterocycles. The zero-order valence-corrected chi connectivity index (χ0v) is 12.6. The minimum atomic E-state index is 0.0716. The molecular formula is C15H19N3OS. The second-order valence-corrected chi connectivity index (χ2v) is 6.40. The molecule has 0 saturated carbocycles. The normalized spacial score (nSPS) is 22.6. The number of aromatic nitrogens is 1. The predicted molar refractivity (Wildman–Crippen MR) is 83.0 cm³/mol. The van der Waals surface area contributed by atoms with Gasteiger partial charge in [-0.15, -0.1) is 11.3 Å². The Morgan fingerprint density at radius 2 is 2.35 bits per heavy atom. The van der Waals surface area contributed by atoms with Gasteiger partial charge in [0.1, 0.15) is 9.71 Å². The third kappa shape index (κ3) is 1.97. The van der Waals surface area contributed by atoms with Crippen LogP contribution in [0.15, 0.2) is 18.3 Å². The topological polar surface area (TPSA) is 59.2 Å². The first-order chi connectivity index (χ1) is 9.63. The first-order valence-electron chi connectivity index (χ1n) is 7.09. The second-order valence-electron chi connectivity index (χ2n) is 5.40. The number of hydrogen-bond acceptors (Lipinski definition) is 4. The van der Waals surface area contributed by atoms with Gasteiger partial charge in [-0.25, -0.2) is 4.98 Å². The van der Waals surface area contributed by atoms with Crippen LogP contribution in [-0.4, -0.2) is 27.9 Å². The van der Waals surface area contributed by atoms with E-state index in [4.69, 9.17) is 5.73 Å². The molecule has 4 nitrogen and oxygen atoms in total. The van der Waals surface area contributed by atoms with E-state index in [1.165, 1.54) is 11.3 Å². The van der Waals surface area contributed by atoms with Crippen molar-refractivity contribution in [2.75, 3.05) is 5.73 Å². The van der Waals surface area contributed by atoms with Crippen molar-refractivity contribution in [3.8, 4) is 0 Å². The third-order valence-electron chi connectivity index (χ3n) is 4.19. The van der Waals surface area contributed by atoms with Crippen LogP contribution in [0.4, 0.5) is 5.69 Å². The lowest BCUT2D eigenvalue weighted by molar-refractivity contribution is 0.0682. The number of nitrogens with two attached hydrogens (primary N) is 1. The molecule has 2 aromatic rings. The molecule has 0 aromatic carbocycles. The molecule has 0 aliphatic carbocycles. The summed E-state index contributed by atoms with van der Waals surface area (Å²) in [5.41, 5.74) is 6.74. The van der Waals surface area contributed by atoms with E-state index >= 15 is 0 Å². The lowest BCUT2D eigenvalue weighted by Gasteiger charge is -2.27. The summed E-state index contributed by atoms with van der Waals surface area (Å²) in [5.74, 6) is 0.0716. The number of fused-ring (bicyclic) bond motifs is 1.